The van der Waals surface area contributed by atoms with E-state index in [1.165, 1.54) is 11.8 Å². The van der Waals surface area contributed by atoms with Crippen molar-refractivity contribution in [3.63, 3.8) is 0 Å². The maximum atomic E-state index is 9.22. The molecule has 0 aliphatic carbocycles. The van der Waals surface area contributed by atoms with Crippen molar-refractivity contribution in [3.05, 3.63) is 51.6 Å². The summed E-state index contributed by atoms with van der Waals surface area (Å²) in [4.78, 5) is 5.52. The Morgan fingerprint density at radius 1 is 1.28 bits per heavy atom. The van der Waals surface area contributed by atoms with Crippen LogP contribution in [-0.4, -0.2) is 4.98 Å². The van der Waals surface area contributed by atoms with E-state index >= 15 is 0 Å². The average molecular weight is 319 g/mol. The first kappa shape index (κ1) is 13.1. The molecule has 0 saturated heterocycles. The first-order chi connectivity index (χ1) is 8.61. The van der Waals surface area contributed by atoms with Gasteiger partial charge in [0.1, 0.15) is 11.1 Å². The Kier molecular flexibility index (Phi) is 4.05. The van der Waals surface area contributed by atoms with Crippen molar-refractivity contribution in [2.75, 3.05) is 0 Å². The Bertz CT molecular complexity index is 632. The van der Waals surface area contributed by atoms with Crippen molar-refractivity contribution >= 4 is 27.7 Å². The van der Waals surface area contributed by atoms with Crippen molar-refractivity contribution in [1.82, 2.24) is 4.98 Å². The van der Waals surface area contributed by atoms with Crippen molar-refractivity contribution in [1.29, 1.82) is 5.26 Å². The van der Waals surface area contributed by atoms with Crippen molar-refractivity contribution in [2.45, 2.75) is 23.8 Å². The number of aryl methyl sites for hydroxylation is 2. The fourth-order valence-electron chi connectivity index (χ4n) is 1.64. The van der Waals surface area contributed by atoms with Gasteiger partial charge in [-0.15, -0.1) is 0 Å². The summed E-state index contributed by atoms with van der Waals surface area (Å²) in [5, 5.41) is 9.99. The third-order valence-electron chi connectivity index (χ3n) is 2.47. The second kappa shape index (κ2) is 5.55. The second-order valence-corrected chi connectivity index (χ2v) is 5.79. The lowest BCUT2D eigenvalue weighted by atomic mass is 10.1. The Morgan fingerprint density at radius 2 is 2.00 bits per heavy atom. The summed E-state index contributed by atoms with van der Waals surface area (Å²) in [6, 6.07) is 12.1. The standard InChI is InChI=1S/C14H11BrN2S/c1-9-7-10(2)17-14(11(9)8-16)18-13-6-4-3-5-12(13)15/h3-7H,1-2H3. The van der Waals surface area contributed by atoms with Crippen molar-refractivity contribution in [2.24, 2.45) is 0 Å². The minimum Gasteiger partial charge on any atom is -0.245 e. The first-order valence-corrected chi connectivity index (χ1v) is 7.03. The molecule has 0 radical (unpaired) electrons. The van der Waals surface area contributed by atoms with Crippen LogP contribution in [0.25, 0.3) is 0 Å². The van der Waals surface area contributed by atoms with Gasteiger partial charge in [-0.25, -0.2) is 4.98 Å². The molecular formula is C14H11BrN2S. The summed E-state index contributed by atoms with van der Waals surface area (Å²) in [5.41, 5.74) is 2.56. The molecule has 0 bridgehead atoms. The predicted molar refractivity (Wildman–Crippen MR) is 76.7 cm³/mol. The van der Waals surface area contributed by atoms with Gasteiger partial charge in [-0.2, -0.15) is 5.26 Å². The van der Waals surface area contributed by atoms with Crippen LogP contribution in [-0.2, 0) is 0 Å². The number of benzene rings is 1. The molecule has 4 heteroatoms. The SMILES string of the molecule is Cc1cc(C)c(C#N)c(Sc2ccccc2Br)n1. The molecule has 2 rings (SSSR count). The predicted octanol–water partition coefficient (Wildman–Crippen LogP) is 4.48. The van der Waals surface area contributed by atoms with Crippen LogP contribution in [0.15, 0.2) is 44.7 Å². The molecule has 1 aromatic heterocycles. The van der Waals surface area contributed by atoms with Crippen LogP contribution in [0.2, 0.25) is 0 Å². The number of aromatic nitrogens is 1. The van der Waals surface area contributed by atoms with E-state index in [0.717, 1.165) is 25.7 Å². The number of nitriles is 1. The summed E-state index contributed by atoms with van der Waals surface area (Å²) in [6.45, 7) is 3.88. The zero-order valence-electron chi connectivity index (χ0n) is 10.1. The topological polar surface area (TPSA) is 36.7 Å². The number of rotatable bonds is 2. The molecule has 2 aromatic rings. The van der Waals surface area contributed by atoms with E-state index in [1.807, 2.05) is 44.2 Å². The lowest BCUT2D eigenvalue weighted by Crippen LogP contribution is -1.94. The molecule has 0 N–H and O–H groups in total. The maximum Gasteiger partial charge on any atom is 0.119 e. The number of hydrogen-bond donors (Lipinski definition) is 0. The molecule has 0 saturated carbocycles. The van der Waals surface area contributed by atoms with Gasteiger partial charge in [0, 0.05) is 15.1 Å². The van der Waals surface area contributed by atoms with Gasteiger partial charge in [0.25, 0.3) is 0 Å². The van der Waals surface area contributed by atoms with Gasteiger partial charge in [0.2, 0.25) is 0 Å². The molecule has 18 heavy (non-hydrogen) atoms. The number of halogens is 1. The fourth-order valence-corrected chi connectivity index (χ4v) is 3.19. The zero-order chi connectivity index (χ0) is 13.1. The van der Waals surface area contributed by atoms with Crippen LogP contribution in [0.5, 0.6) is 0 Å². The third-order valence-corrected chi connectivity index (χ3v) is 4.49. The molecule has 0 fully saturated rings. The molecule has 1 aromatic carbocycles. The first-order valence-electron chi connectivity index (χ1n) is 5.42. The van der Waals surface area contributed by atoms with Crippen LogP contribution in [0.3, 0.4) is 0 Å². The lowest BCUT2D eigenvalue weighted by Gasteiger charge is -2.08. The number of hydrogen-bond acceptors (Lipinski definition) is 3. The van der Waals surface area contributed by atoms with Gasteiger partial charge in [-0.1, -0.05) is 23.9 Å². The summed E-state index contributed by atoms with van der Waals surface area (Å²) in [6.07, 6.45) is 0. The fraction of sp³-hybridized carbons (Fsp3) is 0.143. The van der Waals surface area contributed by atoms with Gasteiger partial charge in [0.05, 0.1) is 5.56 Å². The van der Waals surface area contributed by atoms with Crippen LogP contribution in [0.1, 0.15) is 16.8 Å². The van der Waals surface area contributed by atoms with Crippen LogP contribution in [0, 0.1) is 25.2 Å². The van der Waals surface area contributed by atoms with Crippen LogP contribution in [0.4, 0.5) is 0 Å². The zero-order valence-corrected chi connectivity index (χ0v) is 12.5. The molecule has 0 aliphatic rings. The highest BCUT2D eigenvalue weighted by Crippen LogP contribution is 2.34. The largest absolute Gasteiger partial charge is 0.245 e. The van der Waals surface area contributed by atoms with E-state index in [-0.39, 0.29) is 0 Å². The van der Waals surface area contributed by atoms with Crippen LogP contribution < -0.4 is 0 Å². The summed E-state index contributed by atoms with van der Waals surface area (Å²) in [5.74, 6) is 0. The number of pyridine rings is 1. The molecule has 90 valence electrons. The van der Waals surface area contributed by atoms with E-state index in [4.69, 9.17) is 0 Å². The van der Waals surface area contributed by atoms with Crippen LogP contribution >= 0.6 is 27.7 Å². The maximum absolute atomic E-state index is 9.22. The van der Waals surface area contributed by atoms with E-state index in [1.54, 1.807) is 0 Å². The van der Waals surface area contributed by atoms with E-state index in [0.29, 0.717) is 5.56 Å². The molecule has 1 heterocycles. The molecular weight excluding hydrogens is 308 g/mol. The Labute approximate surface area is 119 Å². The molecule has 0 aliphatic heterocycles. The van der Waals surface area contributed by atoms with E-state index in [2.05, 4.69) is 27.0 Å². The van der Waals surface area contributed by atoms with E-state index in [9.17, 15) is 5.26 Å². The minimum atomic E-state index is 0.654. The summed E-state index contributed by atoms with van der Waals surface area (Å²) < 4.78 is 1.01. The minimum absolute atomic E-state index is 0.654. The average Bonchev–Trinajstić information content (AvgIpc) is 2.31. The highest BCUT2D eigenvalue weighted by atomic mass is 79.9. The Morgan fingerprint density at radius 3 is 2.67 bits per heavy atom. The monoisotopic (exact) mass is 318 g/mol. The molecule has 0 spiro atoms. The quantitative estimate of drug-likeness (QED) is 0.818. The number of nitrogens with zero attached hydrogens (tertiary/aromatic N) is 2. The third kappa shape index (κ3) is 2.74. The van der Waals surface area contributed by atoms with Gasteiger partial charge < -0.3 is 0 Å². The summed E-state index contributed by atoms with van der Waals surface area (Å²) in [7, 11) is 0. The van der Waals surface area contributed by atoms with Crippen molar-refractivity contribution in [3.8, 4) is 6.07 Å². The normalized spacial score (nSPS) is 10.1. The van der Waals surface area contributed by atoms with Gasteiger partial charge >= 0.3 is 0 Å². The van der Waals surface area contributed by atoms with Gasteiger partial charge in [-0.3, -0.25) is 0 Å². The highest BCUT2D eigenvalue weighted by molar-refractivity contribution is 9.10. The lowest BCUT2D eigenvalue weighted by molar-refractivity contribution is 1.03. The molecule has 0 unspecified atom stereocenters. The molecule has 2 nitrogen and oxygen atoms in total. The molecule has 0 amide bonds. The van der Waals surface area contributed by atoms with E-state index < -0.39 is 0 Å². The van der Waals surface area contributed by atoms with Gasteiger partial charge in [0.15, 0.2) is 0 Å². The Hall–Kier alpha value is -1.31. The molecule has 0 atom stereocenters. The van der Waals surface area contributed by atoms with Gasteiger partial charge in [-0.05, 0) is 53.5 Å². The smallest absolute Gasteiger partial charge is 0.119 e. The highest BCUT2D eigenvalue weighted by Gasteiger charge is 2.11. The summed E-state index contributed by atoms with van der Waals surface area (Å²) >= 11 is 5.02. The second-order valence-electron chi connectivity index (χ2n) is 3.90. The Balaban J connectivity index is 2.47. The van der Waals surface area contributed by atoms with Crippen molar-refractivity contribution < 1.29 is 0 Å².